The number of hydrogen-bond donors (Lipinski definition) is 1. The minimum Gasteiger partial charge on any atom is -0.353 e. The highest BCUT2D eigenvalue weighted by molar-refractivity contribution is 5.78. The number of amides is 1. The number of anilines is 2. The van der Waals surface area contributed by atoms with Gasteiger partial charge in [-0.05, 0) is 31.5 Å². The maximum atomic E-state index is 11.7. The van der Waals surface area contributed by atoms with Crippen molar-refractivity contribution in [2.45, 2.75) is 26.8 Å². The highest BCUT2D eigenvalue weighted by Gasteiger charge is 2.07. The van der Waals surface area contributed by atoms with E-state index in [9.17, 15) is 4.79 Å². The summed E-state index contributed by atoms with van der Waals surface area (Å²) in [5.74, 6) is 0.107. The Bertz CT molecular complexity index is 614. The van der Waals surface area contributed by atoms with E-state index in [1.807, 2.05) is 42.1 Å². The molecule has 0 aliphatic carbocycles. The van der Waals surface area contributed by atoms with Gasteiger partial charge in [0.25, 0.3) is 0 Å². The van der Waals surface area contributed by atoms with Crippen LogP contribution in [0.25, 0.3) is 0 Å². The number of hydrogen-bond acceptors (Lipinski definition) is 3. The molecule has 21 heavy (non-hydrogen) atoms. The first-order valence-corrected chi connectivity index (χ1v) is 7.09. The lowest BCUT2D eigenvalue weighted by Crippen LogP contribution is -2.23. The van der Waals surface area contributed by atoms with Crippen LogP contribution in [0.4, 0.5) is 11.4 Å². The normalized spacial score (nSPS) is 10.5. The van der Waals surface area contributed by atoms with Crippen molar-refractivity contribution in [3.8, 4) is 0 Å². The summed E-state index contributed by atoms with van der Waals surface area (Å²) >= 11 is 0. The van der Waals surface area contributed by atoms with Crippen molar-refractivity contribution in [3.05, 3.63) is 41.7 Å². The SMILES string of the molecule is CCn1ncc(Nc2ccc(CC(=O)N(C)C)cc2)c1C. The lowest BCUT2D eigenvalue weighted by molar-refractivity contribution is -0.127. The molecule has 0 aliphatic heterocycles. The van der Waals surface area contributed by atoms with Crippen LogP contribution >= 0.6 is 0 Å². The van der Waals surface area contributed by atoms with Crippen molar-refractivity contribution in [1.29, 1.82) is 0 Å². The molecule has 0 bridgehead atoms. The minimum atomic E-state index is 0.107. The van der Waals surface area contributed by atoms with Crippen LogP contribution in [0.5, 0.6) is 0 Å². The second-order valence-electron chi connectivity index (χ2n) is 5.25. The zero-order chi connectivity index (χ0) is 15.4. The molecule has 112 valence electrons. The van der Waals surface area contributed by atoms with E-state index in [0.29, 0.717) is 6.42 Å². The van der Waals surface area contributed by atoms with Gasteiger partial charge < -0.3 is 10.2 Å². The summed E-state index contributed by atoms with van der Waals surface area (Å²) in [5, 5.41) is 7.66. The quantitative estimate of drug-likeness (QED) is 0.919. The van der Waals surface area contributed by atoms with Crippen LogP contribution in [0.3, 0.4) is 0 Å². The van der Waals surface area contributed by atoms with E-state index < -0.39 is 0 Å². The van der Waals surface area contributed by atoms with Crippen molar-refractivity contribution in [3.63, 3.8) is 0 Å². The molecule has 1 N–H and O–H groups in total. The lowest BCUT2D eigenvalue weighted by atomic mass is 10.1. The molecule has 5 heteroatoms. The van der Waals surface area contributed by atoms with E-state index >= 15 is 0 Å². The molecule has 0 spiro atoms. The molecule has 0 fully saturated rings. The Morgan fingerprint density at radius 2 is 1.95 bits per heavy atom. The largest absolute Gasteiger partial charge is 0.353 e. The van der Waals surface area contributed by atoms with Gasteiger partial charge in [0.05, 0.1) is 24.0 Å². The van der Waals surface area contributed by atoms with Crippen LogP contribution < -0.4 is 5.32 Å². The molecule has 0 radical (unpaired) electrons. The van der Waals surface area contributed by atoms with Crippen LogP contribution in [-0.2, 0) is 17.8 Å². The first kappa shape index (κ1) is 15.1. The second kappa shape index (κ2) is 6.43. The molecule has 0 atom stereocenters. The zero-order valence-electron chi connectivity index (χ0n) is 13.1. The highest BCUT2D eigenvalue weighted by atomic mass is 16.2. The van der Waals surface area contributed by atoms with Crippen LogP contribution in [0.2, 0.25) is 0 Å². The van der Waals surface area contributed by atoms with Crippen molar-refractivity contribution in [1.82, 2.24) is 14.7 Å². The van der Waals surface area contributed by atoms with E-state index in [0.717, 1.165) is 29.2 Å². The van der Waals surface area contributed by atoms with E-state index in [2.05, 4.69) is 17.3 Å². The molecule has 5 nitrogen and oxygen atoms in total. The summed E-state index contributed by atoms with van der Waals surface area (Å²) < 4.78 is 1.95. The summed E-state index contributed by atoms with van der Waals surface area (Å²) in [6, 6.07) is 7.93. The molecule has 1 amide bonds. The molecule has 0 saturated carbocycles. The van der Waals surface area contributed by atoms with E-state index in [-0.39, 0.29) is 5.91 Å². The third-order valence-electron chi connectivity index (χ3n) is 3.49. The van der Waals surface area contributed by atoms with Crippen molar-refractivity contribution in [2.75, 3.05) is 19.4 Å². The van der Waals surface area contributed by atoms with Crippen LogP contribution in [0, 0.1) is 6.92 Å². The molecule has 0 saturated heterocycles. The van der Waals surface area contributed by atoms with Gasteiger partial charge in [0.1, 0.15) is 0 Å². The molecule has 0 unspecified atom stereocenters. The van der Waals surface area contributed by atoms with Gasteiger partial charge in [-0.3, -0.25) is 9.48 Å². The maximum Gasteiger partial charge on any atom is 0.226 e. The lowest BCUT2D eigenvalue weighted by Gasteiger charge is -2.11. The number of benzene rings is 1. The number of rotatable bonds is 5. The summed E-state index contributed by atoms with van der Waals surface area (Å²) in [7, 11) is 3.54. The van der Waals surface area contributed by atoms with Crippen LogP contribution in [-0.4, -0.2) is 34.7 Å². The van der Waals surface area contributed by atoms with Gasteiger partial charge in [0, 0.05) is 26.3 Å². The molecule has 0 aliphatic rings. The van der Waals surface area contributed by atoms with Crippen molar-refractivity contribution < 1.29 is 4.79 Å². The predicted molar refractivity (Wildman–Crippen MR) is 84.8 cm³/mol. The van der Waals surface area contributed by atoms with E-state index in [1.54, 1.807) is 19.0 Å². The molecule has 2 aromatic rings. The second-order valence-corrected chi connectivity index (χ2v) is 5.25. The van der Waals surface area contributed by atoms with Gasteiger partial charge in [-0.1, -0.05) is 12.1 Å². The summed E-state index contributed by atoms with van der Waals surface area (Å²) in [5.41, 5.74) is 4.13. The van der Waals surface area contributed by atoms with Gasteiger partial charge in [-0.15, -0.1) is 0 Å². The Balaban J connectivity index is 2.05. The van der Waals surface area contributed by atoms with E-state index in [1.165, 1.54) is 0 Å². The molecule has 1 heterocycles. The third kappa shape index (κ3) is 3.62. The third-order valence-corrected chi connectivity index (χ3v) is 3.49. The average molecular weight is 286 g/mol. The number of nitrogens with zero attached hydrogens (tertiary/aromatic N) is 3. The maximum absolute atomic E-state index is 11.7. The van der Waals surface area contributed by atoms with Crippen LogP contribution in [0.1, 0.15) is 18.2 Å². The number of carbonyl (C=O) groups is 1. The zero-order valence-corrected chi connectivity index (χ0v) is 13.1. The molecule has 1 aromatic heterocycles. The summed E-state index contributed by atoms with van der Waals surface area (Å²) in [6.07, 6.45) is 2.27. The minimum absolute atomic E-state index is 0.107. The number of likely N-dealkylation sites (N-methyl/N-ethyl adjacent to an activating group) is 1. The number of aromatic nitrogens is 2. The molecular weight excluding hydrogens is 264 g/mol. The first-order valence-electron chi connectivity index (χ1n) is 7.09. The first-order chi connectivity index (χ1) is 10.0. The van der Waals surface area contributed by atoms with Gasteiger partial charge in [0.15, 0.2) is 0 Å². The van der Waals surface area contributed by atoms with Gasteiger partial charge in [-0.25, -0.2) is 0 Å². The monoisotopic (exact) mass is 286 g/mol. The fraction of sp³-hybridized carbons (Fsp3) is 0.375. The predicted octanol–water partition coefficient (Wildman–Crippen LogP) is 2.59. The number of carbonyl (C=O) groups excluding carboxylic acids is 1. The topological polar surface area (TPSA) is 50.2 Å². The smallest absolute Gasteiger partial charge is 0.226 e. The van der Waals surface area contributed by atoms with Crippen molar-refractivity contribution in [2.24, 2.45) is 0 Å². The average Bonchev–Trinajstić information content (AvgIpc) is 2.81. The van der Waals surface area contributed by atoms with Crippen LogP contribution in [0.15, 0.2) is 30.5 Å². The Morgan fingerprint density at radius 1 is 1.29 bits per heavy atom. The Kier molecular flexibility index (Phi) is 4.62. The molecule has 1 aromatic carbocycles. The Hall–Kier alpha value is -2.30. The van der Waals surface area contributed by atoms with Gasteiger partial charge >= 0.3 is 0 Å². The number of nitrogens with one attached hydrogen (secondary N) is 1. The molecular formula is C16H22N4O. The standard InChI is InChI=1S/C16H22N4O/c1-5-20-12(2)15(11-17-20)18-14-8-6-13(7-9-14)10-16(21)19(3)4/h6-9,11,18H,5,10H2,1-4H3. The number of aryl methyl sites for hydroxylation is 1. The van der Waals surface area contributed by atoms with Gasteiger partial charge in [0.2, 0.25) is 5.91 Å². The highest BCUT2D eigenvalue weighted by Crippen LogP contribution is 2.20. The fourth-order valence-corrected chi connectivity index (χ4v) is 2.08. The Labute approximate surface area is 125 Å². The van der Waals surface area contributed by atoms with E-state index in [4.69, 9.17) is 0 Å². The molecule has 2 rings (SSSR count). The fourth-order valence-electron chi connectivity index (χ4n) is 2.08. The van der Waals surface area contributed by atoms with Gasteiger partial charge in [-0.2, -0.15) is 5.10 Å². The Morgan fingerprint density at radius 3 is 2.48 bits per heavy atom. The summed E-state index contributed by atoms with van der Waals surface area (Å²) in [4.78, 5) is 13.3. The van der Waals surface area contributed by atoms with Crippen molar-refractivity contribution >= 4 is 17.3 Å². The summed E-state index contributed by atoms with van der Waals surface area (Å²) in [6.45, 7) is 4.97.